The molecule has 0 aliphatic carbocycles. The Bertz CT molecular complexity index is 613. The van der Waals surface area contributed by atoms with Crippen LogP contribution >= 0.6 is 45.8 Å². The summed E-state index contributed by atoms with van der Waals surface area (Å²) in [7, 11) is 0. The lowest BCUT2D eigenvalue weighted by molar-refractivity contribution is 0.937. The molecule has 1 heterocycles. The number of H-pyrrole nitrogens is 1. The van der Waals surface area contributed by atoms with Crippen molar-refractivity contribution in [2.24, 2.45) is 0 Å². The van der Waals surface area contributed by atoms with Crippen LogP contribution in [0.1, 0.15) is 11.4 Å². The molecular formula is C11H7Cl2IN2O. The summed E-state index contributed by atoms with van der Waals surface area (Å²) in [5, 5.41) is 1.15. The topological polar surface area (TPSA) is 45.8 Å². The normalized spacial score (nSPS) is 10.5. The Morgan fingerprint density at radius 3 is 2.76 bits per heavy atom. The molecule has 0 unspecified atom stereocenters. The highest BCUT2D eigenvalue weighted by atomic mass is 127. The van der Waals surface area contributed by atoms with Crippen molar-refractivity contribution in [1.82, 2.24) is 9.97 Å². The van der Waals surface area contributed by atoms with Gasteiger partial charge in [-0.25, -0.2) is 4.98 Å². The fraction of sp³-hybridized carbons (Fsp3) is 0.0909. The van der Waals surface area contributed by atoms with E-state index in [1.54, 1.807) is 18.3 Å². The molecule has 2 aromatic rings. The minimum Gasteiger partial charge on any atom is -0.309 e. The van der Waals surface area contributed by atoms with Crippen LogP contribution in [0.3, 0.4) is 0 Å². The van der Waals surface area contributed by atoms with Crippen LogP contribution in [0.4, 0.5) is 0 Å². The maximum absolute atomic E-state index is 11.4. The van der Waals surface area contributed by atoms with Crippen LogP contribution in [0, 0.1) is 3.57 Å². The SMILES string of the molecule is O=c1[nH]c(Cc2ccc(Cl)cc2Cl)ncc1I. The van der Waals surface area contributed by atoms with Crippen LogP contribution in [-0.4, -0.2) is 9.97 Å². The first kappa shape index (κ1) is 12.9. The van der Waals surface area contributed by atoms with Crippen molar-refractivity contribution in [2.45, 2.75) is 6.42 Å². The molecule has 0 aliphatic heterocycles. The number of benzene rings is 1. The summed E-state index contributed by atoms with van der Waals surface area (Å²) < 4.78 is 0.563. The van der Waals surface area contributed by atoms with Gasteiger partial charge in [-0.1, -0.05) is 29.3 Å². The Hall–Kier alpha value is -0.590. The number of hydrogen-bond donors (Lipinski definition) is 1. The van der Waals surface area contributed by atoms with Crippen molar-refractivity contribution < 1.29 is 0 Å². The van der Waals surface area contributed by atoms with E-state index in [-0.39, 0.29) is 5.56 Å². The zero-order valence-corrected chi connectivity index (χ0v) is 12.2. The lowest BCUT2D eigenvalue weighted by atomic mass is 10.1. The third kappa shape index (κ3) is 3.20. The molecule has 1 aromatic heterocycles. The van der Waals surface area contributed by atoms with E-state index in [0.29, 0.717) is 25.9 Å². The van der Waals surface area contributed by atoms with Crippen molar-refractivity contribution in [3.8, 4) is 0 Å². The van der Waals surface area contributed by atoms with E-state index >= 15 is 0 Å². The Morgan fingerprint density at radius 1 is 1.35 bits per heavy atom. The molecule has 0 saturated carbocycles. The third-order valence-electron chi connectivity index (χ3n) is 2.18. The first-order valence-corrected chi connectivity index (χ1v) is 6.57. The van der Waals surface area contributed by atoms with Crippen molar-refractivity contribution in [3.63, 3.8) is 0 Å². The summed E-state index contributed by atoms with van der Waals surface area (Å²) in [5.74, 6) is 0.583. The third-order valence-corrected chi connectivity index (χ3v) is 3.54. The second-order valence-electron chi connectivity index (χ2n) is 3.42. The molecule has 3 nitrogen and oxygen atoms in total. The maximum atomic E-state index is 11.4. The van der Waals surface area contributed by atoms with Gasteiger partial charge in [0.1, 0.15) is 5.82 Å². The summed E-state index contributed by atoms with van der Waals surface area (Å²) in [4.78, 5) is 18.3. The summed E-state index contributed by atoms with van der Waals surface area (Å²) in [6, 6.07) is 5.25. The Balaban J connectivity index is 2.31. The van der Waals surface area contributed by atoms with Crippen molar-refractivity contribution >= 4 is 45.8 Å². The van der Waals surface area contributed by atoms with Crippen molar-refractivity contribution in [3.05, 3.63) is 59.8 Å². The number of nitrogens with zero attached hydrogens (tertiary/aromatic N) is 1. The number of aromatic amines is 1. The van der Waals surface area contributed by atoms with Gasteiger partial charge in [0.2, 0.25) is 0 Å². The minimum atomic E-state index is -0.138. The van der Waals surface area contributed by atoms with Crippen LogP contribution in [0.2, 0.25) is 10.0 Å². The molecule has 6 heteroatoms. The van der Waals surface area contributed by atoms with Crippen LogP contribution < -0.4 is 5.56 Å². The second-order valence-corrected chi connectivity index (χ2v) is 5.43. The number of aromatic nitrogens is 2. The molecule has 0 bridgehead atoms. The molecule has 0 spiro atoms. The minimum absolute atomic E-state index is 0.138. The lowest BCUT2D eigenvalue weighted by Crippen LogP contribution is -2.14. The molecular weight excluding hydrogens is 374 g/mol. The molecule has 0 amide bonds. The highest BCUT2D eigenvalue weighted by Crippen LogP contribution is 2.22. The average molecular weight is 381 g/mol. The molecule has 17 heavy (non-hydrogen) atoms. The van der Waals surface area contributed by atoms with Gasteiger partial charge in [-0.3, -0.25) is 4.79 Å². The van der Waals surface area contributed by atoms with Gasteiger partial charge < -0.3 is 4.98 Å². The Labute approximate surface area is 121 Å². The number of halogens is 3. The van der Waals surface area contributed by atoms with Crippen LogP contribution in [-0.2, 0) is 6.42 Å². The van der Waals surface area contributed by atoms with Crippen LogP contribution in [0.25, 0.3) is 0 Å². The molecule has 2 rings (SSSR count). The van der Waals surface area contributed by atoms with Gasteiger partial charge in [0.15, 0.2) is 0 Å². The fourth-order valence-electron chi connectivity index (χ4n) is 1.35. The fourth-order valence-corrected chi connectivity index (χ4v) is 2.10. The largest absolute Gasteiger partial charge is 0.309 e. The number of rotatable bonds is 2. The molecule has 0 aliphatic rings. The maximum Gasteiger partial charge on any atom is 0.264 e. The summed E-state index contributed by atoms with van der Waals surface area (Å²) in [6.07, 6.45) is 2.01. The van der Waals surface area contributed by atoms with Gasteiger partial charge in [0, 0.05) is 22.7 Å². The highest BCUT2D eigenvalue weighted by Gasteiger charge is 2.05. The monoisotopic (exact) mass is 380 g/mol. The smallest absolute Gasteiger partial charge is 0.264 e. The van der Waals surface area contributed by atoms with Gasteiger partial charge in [-0.15, -0.1) is 0 Å². The van der Waals surface area contributed by atoms with Gasteiger partial charge >= 0.3 is 0 Å². The van der Waals surface area contributed by atoms with Crippen LogP contribution in [0.5, 0.6) is 0 Å². The van der Waals surface area contributed by atoms with E-state index in [4.69, 9.17) is 23.2 Å². The van der Waals surface area contributed by atoms with Crippen LogP contribution in [0.15, 0.2) is 29.2 Å². The van der Waals surface area contributed by atoms with E-state index in [2.05, 4.69) is 9.97 Å². The highest BCUT2D eigenvalue weighted by molar-refractivity contribution is 14.1. The first-order valence-electron chi connectivity index (χ1n) is 4.74. The summed E-state index contributed by atoms with van der Waals surface area (Å²) in [6.45, 7) is 0. The molecule has 1 aromatic carbocycles. The Morgan fingerprint density at radius 2 is 2.12 bits per heavy atom. The van der Waals surface area contributed by atoms with E-state index in [9.17, 15) is 4.79 Å². The van der Waals surface area contributed by atoms with Gasteiger partial charge in [0.25, 0.3) is 5.56 Å². The molecule has 0 radical (unpaired) electrons. The zero-order chi connectivity index (χ0) is 12.4. The first-order chi connectivity index (χ1) is 8.06. The predicted octanol–water partition coefficient (Wildman–Crippen LogP) is 3.27. The summed E-state index contributed by atoms with van der Waals surface area (Å²) in [5.41, 5.74) is 0.737. The van der Waals surface area contributed by atoms with Gasteiger partial charge in [-0.2, -0.15) is 0 Å². The van der Waals surface area contributed by atoms with Crippen molar-refractivity contribution in [2.75, 3.05) is 0 Å². The van der Waals surface area contributed by atoms with E-state index in [0.717, 1.165) is 5.56 Å². The zero-order valence-electron chi connectivity index (χ0n) is 8.51. The Kier molecular flexibility index (Phi) is 4.06. The van der Waals surface area contributed by atoms with Gasteiger partial charge in [-0.05, 0) is 40.3 Å². The quantitative estimate of drug-likeness (QED) is 0.812. The predicted molar refractivity (Wildman–Crippen MR) is 76.8 cm³/mol. The number of nitrogens with one attached hydrogen (secondary N) is 1. The van der Waals surface area contributed by atoms with Crippen molar-refractivity contribution in [1.29, 1.82) is 0 Å². The van der Waals surface area contributed by atoms with E-state index < -0.39 is 0 Å². The lowest BCUT2D eigenvalue weighted by Gasteiger charge is -2.04. The molecule has 1 N–H and O–H groups in total. The number of hydrogen-bond acceptors (Lipinski definition) is 2. The summed E-state index contributed by atoms with van der Waals surface area (Å²) >= 11 is 13.8. The average Bonchev–Trinajstić information content (AvgIpc) is 2.27. The van der Waals surface area contributed by atoms with E-state index in [1.807, 2.05) is 28.7 Å². The molecule has 0 atom stereocenters. The molecule has 0 saturated heterocycles. The van der Waals surface area contributed by atoms with E-state index in [1.165, 1.54) is 0 Å². The second kappa shape index (κ2) is 5.37. The molecule has 88 valence electrons. The van der Waals surface area contributed by atoms with Gasteiger partial charge in [0.05, 0.1) is 3.57 Å². The molecule has 0 fully saturated rings. The standard InChI is InChI=1S/C11H7Cl2IN2O/c12-7-2-1-6(8(13)4-7)3-10-15-5-9(14)11(17)16-10/h1-2,4-5H,3H2,(H,15,16,17).